The fraction of sp³-hybridized carbons (Fsp3) is 0.467. The molecule has 2 nitrogen and oxygen atoms in total. The van der Waals surface area contributed by atoms with Gasteiger partial charge in [0.2, 0.25) is 0 Å². The van der Waals surface area contributed by atoms with Gasteiger partial charge in [-0.15, -0.1) is 0 Å². The van der Waals surface area contributed by atoms with Crippen LogP contribution in [0.2, 0.25) is 0 Å². The number of rotatable bonds is 2. The van der Waals surface area contributed by atoms with Crippen LogP contribution in [0.5, 0.6) is 0 Å². The van der Waals surface area contributed by atoms with Crippen LogP contribution in [-0.2, 0) is 11.2 Å². The Morgan fingerprint density at radius 2 is 2.00 bits per heavy atom. The molecule has 2 aromatic rings. The van der Waals surface area contributed by atoms with Crippen LogP contribution in [0.25, 0.3) is 10.9 Å². The smallest absolute Gasteiger partial charge is 0.0803 e. The van der Waals surface area contributed by atoms with Gasteiger partial charge in [-0.1, -0.05) is 32.9 Å². The minimum atomic E-state index is 0.551. The van der Waals surface area contributed by atoms with Crippen LogP contribution in [-0.4, -0.2) is 17.8 Å². The molecule has 0 amide bonds. The van der Waals surface area contributed by atoms with Crippen molar-refractivity contribution in [3.05, 3.63) is 36.0 Å². The van der Waals surface area contributed by atoms with E-state index < -0.39 is 0 Å². The Bertz CT molecular complexity index is 483. The number of nitrogens with zero attached hydrogens (tertiary/aromatic N) is 1. The summed E-state index contributed by atoms with van der Waals surface area (Å²) in [6.45, 7) is 7.92. The first kappa shape index (κ1) is 12.2. The molecule has 0 bridgehead atoms. The Balaban J connectivity index is 0.000000514. The molecule has 0 radical (unpaired) electrons. The molecule has 2 heteroatoms. The van der Waals surface area contributed by atoms with E-state index in [0.29, 0.717) is 6.04 Å². The highest BCUT2D eigenvalue weighted by Gasteiger charge is 2.21. The second kappa shape index (κ2) is 5.37. The second-order valence-electron chi connectivity index (χ2n) is 4.16. The average Bonchev–Trinajstić information content (AvgIpc) is 2.73. The number of aromatic nitrogens is 1. The van der Waals surface area contributed by atoms with Gasteiger partial charge in [-0.05, 0) is 29.5 Å². The predicted molar refractivity (Wildman–Crippen MR) is 72.5 cm³/mol. The Morgan fingerprint density at radius 3 is 2.59 bits per heavy atom. The van der Waals surface area contributed by atoms with Gasteiger partial charge in [0.1, 0.15) is 0 Å². The summed E-state index contributed by atoms with van der Waals surface area (Å²) in [5.41, 5.74) is 2.75. The summed E-state index contributed by atoms with van der Waals surface area (Å²) in [7, 11) is 0. The van der Waals surface area contributed by atoms with Gasteiger partial charge in [0.15, 0.2) is 0 Å². The van der Waals surface area contributed by atoms with E-state index in [9.17, 15) is 0 Å². The Kier molecular flexibility index (Phi) is 3.85. The van der Waals surface area contributed by atoms with Crippen molar-refractivity contribution < 1.29 is 4.74 Å². The lowest BCUT2D eigenvalue weighted by molar-refractivity contribution is -0.0213. The van der Waals surface area contributed by atoms with Gasteiger partial charge in [-0.25, -0.2) is 0 Å². The van der Waals surface area contributed by atoms with E-state index in [-0.39, 0.29) is 0 Å². The van der Waals surface area contributed by atoms with E-state index in [2.05, 4.69) is 42.0 Å². The van der Waals surface area contributed by atoms with Crippen LogP contribution in [0.3, 0.4) is 0 Å². The number of hydrogen-bond donors (Lipinski definition) is 0. The summed E-state index contributed by atoms with van der Waals surface area (Å²) in [6, 6.07) is 9.46. The SMILES string of the molecule is CC.CCc1ccc2ccn(C3COC3)c2c1. The Hall–Kier alpha value is -1.28. The third-order valence-electron chi connectivity index (χ3n) is 3.21. The maximum atomic E-state index is 5.24. The molecular formula is C15H21NO. The van der Waals surface area contributed by atoms with Gasteiger partial charge in [-0.2, -0.15) is 0 Å². The second-order valence-corrected chi connectivity index (χ2v) is 4.16. The van der Waals surface area contributed by atoms with Crippen LogP contribution in [0.1, 0.15) is 32.4 Å². The van der Waals surface area contributed by atoms with Gasteiger partial charge in [0, 0.05) is 11.7 Å². The number of ether oxygens (including phenoxy) is 1. The highest BCUT2D eigenvalue weighted by Crippen LogP contribution is 2.25. The quantitative estimate of drug-likeness (QED) is 0.766. The summed E-state index contributed by atoms with van der Waals surface area (Å²) in [6.07, 6.45) is 3.28. The number of benzene rings is 1. The van der Waals surface area contributed by atoms with Crippen LogP contribution >= 0.6 is 0 Å². The maximum Gasteiger partial charge on any atom is 0.0803 e. The molecule has 92 valence electrons. The zero-order valence-electron chi connectivity index (χ0n) is 10.9. The molecule has 1 fully saturated rings. The minimum absolute atomic E-state index is 0.551. The zero-order chi connectivity index (χ0) is 12.3. The fourth-order valence-corrected chi connectivity index (χ4v) is 2.12. The largest absolute Gasteiger partial charge is 0.377 e. The van der Waals surface area contributed by atoms with Crippen molar-refractivity contribution in [1.82, 2.24) is 4.57 Å². The molecule has 1 aromatic heterocycles. The van der Waals surface area contributed by atoms with E-state index in [1.54, 1.807) is 0 Å². The Labute approximate surface area is 103 Å². The minimum Gasteiger partial charge on any atom is -0.377 e. The summed E-state index contributed by atoms with van der Waals surface area (Å²) >= 11 is 0. The standard InChI is InChI=1S/C13H15NO.C2H6/c1-2-10-3-4-11-5-6-14(13(11)7-10)12-8-15-9-12;1-2/h3-7,12H,2,8-9H2,1H3;1-2H3. The van der Waals surface area contributed by atoms with Crippen molar-refractivity contribution in [2.45, 2.75) is 33.2 Å². The molecule has 1 aliphatic heterocycles. The molecule has 0 aliphatic carbocycles. The van der Waals surface area contributed by atoms with Gasteiger partial charge in [-0.3, -0.25) is 0 Å². The highest BCUT2D eigenvalue weighted by molar-refractivity contribution is 5.81. The van der Waals surface area contributed by atoms with Crippen LogP contribution < -0.4 is 0 Å². The van der Waals surface area contributed by atoms with Gasteiger partial charge < -0.3 is 9.30 Å². The first-order chi connectivity index (χ1) is 8.38. The lowest BCUT2D eigenvalue weighted by Crippen LogP contribution is -2.29. The number of fused-ring (bicyclic) bond motifs is 1. The first-order valence-electron chi connectivity index (χ1n) is 6.55. The van der Waals surface area contributed by atoms with Crippen LogP contribution in [0.4, 0.5) is 0 Å². The maximum absolute atomic E-state index is 5.24. The molecule has 1 aromatic carbocycles. The molecule has 1 saturated heterocycles. The molecule has 2 heterocycles. The van der Waals surface area contributed by atoms with Crippen molar-refractivity contribution in [2.24, 2.45) is 0 Å². The third-order valence-corrected chi connectivity index (χ3v) is 3.21. The van der Waals surface area contributed by atoms with Crippen molar-refractivity contribution in [2.75, 3.05) is 13.2 Å². The molecule has 17 heavy (non-hydrogen) atoms. The topological polar surface area (TPSA) is 14.2 Å². The normalized spacial score (nSPS) is 15.2. The molecule has 0 saturated carbocycles. The highest BCUT2D eigenvalue weighted by atomic mass is 16.5. The molecule has 0 atom stereocenters. The van der Waals surface area contributed by atoms with E-state index >= 15 is 0 Å². The lowest BCUT2D eigenvalue weighted by Gasteiger charge is -2.28. The van der Waals surface area contributed by atoms with Crippen LogP contribution in [0, 0.1) is 0 Å². The molecule has 3 rings (SSSR count). The summed E-state index contributed by atoms with van der Waals surface area (Å²) in [5.74, 6) is 0. The molecule has 1 aliphatic rings. The van der Waals surface area contributed by atoms with Crippen molar-refractivity contribution in [3.8, 4) is 0 Å². The van der Waals surface area contributed by atoms with Crippen molar-refractivity contribution in [1.29, 1.82) is 0 Å². The zero-order valence-corrected chi connectivity index (χ0v) is 10.9. The molecule has 0 spiro atoms. The first-order valence-corrected chi connectivity index (χ1v) is 6.55. The van der Waals surface area contributed by atoms with Gasteiger partial charge in [0.25, 0.3) is 0 Å². The van der Waals surface area contributed by atoms with Crippen molar-refractivity contribution >= 4 is 10.9 Å². The van der Waals surface area contributed by atoms with Crippen LogP contribution in [0.15, 0.2) is 30.5 Å². The van der Waals surface area contributed by atoms with E-state index in [1.165, 1.54) is 16.5 Å². The van der Waals surface area contributed by atoms with Gasteiger partial charge in [0.05, 0.1) is 19.3 Å². The molecule has 0 unspecified atom stereocenters. The van der Waals surface area contributed by atoms with Gasteiger partial charge >= 0.3 is 0 Å². The summed E-state index contributed by atoms with van der Waals surface area (Å²) in [5, 5.41) is 1.33. The summed E-state index contributed by atoms with van der Waals surface area (Å²) in [4.78, 5) is 0. The number of aryl methyl sites for hydroxylation is 1. The summed E-state index contributed by atoms with van der Waals surface area (Å²) < 4.78 is 7.59. The van der Waals surface area contributed by atoms with Crippen molar-refractivity contribution in [3.63, 3.8) is 0 Å². The number of hydrogen-bond acceptors (Lipinski definition) is 1. The van der Waals surface area contributed by atoms with E-state index in [4.69, 9.17) is 4.74 Å². The van der Waals surface area contributed by atoms with E-state index in [1.807, 2.05) is 13.8 Å². The third kappa shape index (κ3) is 2.22. The predicted octanol–water partition coefficient (Wildman–Crippen LogP) is 3.80. The average molecular weight is 231 g/mol. The monoisotopic (exact) mass is 231 g/mol. The molecular weight excluding hydrogens is 210 g/mol. The molecule has 0 N–H and O–H groups in total. The lowest BCUT2D eigenvalue weighted by atomic mass is 10.1. The Morgan fingerprint density at radius 1 is 1.24 bits per heavy atom. The fourth-order valence-electron chi connectivity index (χ4n) is 2.12. The van der Waals surface area contributed by atoms with E-state index in [0.717, 1.165) is 19.6 Å².